The van der Waals surface area contributed by atoms with Crippen molar-refractivity contribution >= 4 is 51.7 Å². The summed E-state index contributed by atoms with van der Waals surface area (Å²) in [4.78, 5) is 16.3. The maximum absolute atomic E-state index is 12.0. The van der Waals surface area contributed by atoms with E-state index in [0.717, 1.165) is 18.3 Å². The Morgan fingerprint density at radius 3 is 2.68 bits per heavy atom. The highest BCUT2D eigenvalue weighted by Gasteiger charge is 2.18. The zero-order valence-electron chi connectivity index (χ0n) is 10.2. The van der Waals surface area contributed by atoms with Crippen molar-refractivity contribution in [1.29, 1.82) is 0 Å². The molecule has 1 aliphatic heterocycles. The van der Waals surface area contributed by atoms with E-state index in [-0.39, 0.29) is 11.2 Å². The standard InChI is InChI=1S/C12H13Cl2N3OS/c1-7(19-12-15-2-3-16-12)11(18)17-10-5-8(13)4-9(14)6-10/h4-7H,2-3H2,1H3,(H,15,16)(H,17,18). The van der Waals surface area contributed by atoms with Crippen molar-refractivity contribution in [1.82, 2.24) is 5.32 Å². The summed E-state index contributed by atoms with van der Waals surface area (Å²) in [7, 11) is 0. The Balaban J connectivity index is 1.95. The third-order valence-corrected chi connectivity index (χ3v) is 3.93. The Morgan fingerprint density at radius 1 is 1.42 bits per heavy atom. The SMILES string of the molecule is CC(SC1=NCCN1)C(=O)Nc1cc(Cl)cc(Cl)c1. The molecule has 0 fully saturated rings. The topological polar surface area (TPSA) is 53.5 Å². The van der Waals surface area contributed by atoms with E-state index in [2.05, 4.69) is 15.6 Å². The lowest BCUT2D eigenvalue weighted by Crippen LogP contribution is -2.26. The summed E-state index contributed by atoms with van der Waals surface area (Å²) >= 11 is 13.2. The van der Waals surface area contributed by atoms with Gasteiger partial charge in [0.15, 0.2) is 5.17 Å². The van der Waals surface area contributed by atoms with Gasteiger partial charge in [-0.3, -0.25) is 9.79 Å². The van der Waals surface area contributed by atoms with Crippen molar-refractivity contribution in [3.8, 4) is 0 Å². The number of carbonyl (C=O) groups is 1. The summed E-state index contributed by atoms with van der Waals surface area (Å²) in [5.41, 5.74) is 0.594. The minimum absolute atomic E-state index is 0.111. The minimum Gasteiger partial charge on any atom is -0.363 e. The fraction of sp³-hybridized carbons (Fsp3) is 0.333. The molecular weight excluding hydrogens is 305 g/mol. The number of nitrogens with one attached hydrogen (secondary N) is 2. The Hall–Kier alpha value is -0.910. The fourth-order valence-corrected chi connectivity index (χ4v) is 2.92. The fourth-order valence-electron chi connectivity index (χ4n) is 1.55. The second-order valence-corrected chi connectivity index (χ2v) is 6.22. The molecule has 0 aromatic heterocycles. The summed E-state index contributed by atoms with van der Waals surface area (Å²) in [5, 5.41) is 7.45. The van der Waals surface area contributed by atoms with Crippen LogP contribution in [0.4, 0.5) is 5.69 Å². The number of thioether (sulfide) groups is 1. The van der Waals surface area contributed by atoms with Crippen molar-refractivity contribution in [3.63, 3.8) is 0 Å². The number of hydrogen-bond acceptors (Lipinski definition) is 4. The van der Waals surface area contributed by atoms with E-state index < -0.39 is 0 Å². The van der Waals surface area contributed by atoms with Gasteiger partial charge in [0, 0.05) is 22.3 Å². The van der Waals surface area contributed by atoms with E-state index in [1.165, 1.54) is 11.8 Å². The molecule has 102 valence electrons. The molecule has 1 heterocycles. The van der Waals surface area contributed by atoms with Gasteiger partial charge >= 0.3 is 0 Å². The third-order valence-electron chi connectivity index (χ3n) is 2.43. The van der Waals surface area contributed by atoms with Gasteiger partial charge in [0.25, 0.3) is 0 Å². The van der Waals surface area contributed by atoms with Crippen molar-refractivity contribution in [3.05, 3.63) is 28.2 Å². The molecule has 0 saturated heterocycles. The van der Waals surface area contributed by atoms with Gasteiger partial charge in [-0.05, 0) is 25.1 Å². The van der Waals surface area contributed by atoms with Crippen LogP contribution in [0.1, 0.15) is 6.92 Å². The number of anilines is 1. The monoisotopic (exact) mass is 317 g/mol. The first-order chi connectivity index (χ1) is 9.04. The van der Waals surface area contributed by atoms with Gasteiger partial charge in [-0.2, -0.15) is 0 Å². The van der Waals surface area contributed by atoms with Crippen LogP contribution in [-0.2, 0) is 4.79 Å². The summed E-state index contributed by atoms with van der Waals surface area (Å²) in [6.45, 7) is 3.43. The first kappa shape index (κ1) is 14.5. The van der Waals surface area contributed by atoms with Gasteiger partial charge in [0.05, 0.1) is 11.8 Å². The van der Waals surface area contributed by atoms with Crippen molar-refractivity contribution in [2.45, 2.75) is 12.2 Å². The third kappa shape index (κ3) is 4.30. The number of halogens is 2. The first-order valence-electron chi connectivity index (χ1n) is 5.76. The molecule has 0 radical (unpaired) electrons. The van der Waals surface area contributed by atoms with Crippen LogP contribution in [0.25, 0.3) is 0 Å². The molecule has 1 unspecified atom stereocenters. The molecule has 0 saturated carbocycles. The number of amidine groups is 1. The maximum Gasteiger partial charge on any atom is 0.237 e. The minimum atomic E-state index is -0.248. The predicted octanol–water partition coefficient (Wildman–Crippen LogP) is 3.01. The van der Waals surface area contributed by atoms with Crippen LogP contribution in [0.3, 0.4) is 0 Å². The predicted molar refractivity (Wildman–Crippen MR) is 82.4 cm³/mol. The van der Waals surface area contributed by atoms with E-state index in [0.29, 0.717) is 15.7 Å². The highest BCUT2D eigenvalue weighted by atomic mass is 35.5. The van der Waals surface area contributed by atoms with Gasteiger partial charge < -0.3 is 10.6 Å². The highest BCUT2D eigenvalue weighted by molar-refractivity contribution is 8.14. The number of benzene rings is 1. The molecule has 2 N–H and O–H groups in total. The molecule has 1 amide bonds. The number of amides is 1. The molecule has 1 aliphatic rings. The van der Waals surface area contributed by atoms with E-state index in [4.69, 9.17) is 23.2 Å². The lowest BCUT2D eigenvalue weighted by atomic mass is 10.3. The second-order valence-electron chi connectivity index (χ2n) is 4.02. The molecule has 19 heavy (non-hydrogen) atoms. The Bertz CT molecular complexity index is 501. The Labute approximate surface area is 126 Å². The average molecular weight is 318 g/mol. The smallest absolute Gasteiger partial charge is 0.237 e. The van der Waals surface area contributed by atoms with Crippen LogP contribution in [-0.4, -0.2) is 29.4 Å². The van der Waals surface area contributed by atoms with Crippen molar-refractivity contribution in [2.75, 3.05) is 18.4 Å². The molecule has 4 nitrogen and oxygen atoms in total. The zero-order chi connectivity index (χ0) is 13.8. The van der Waals surface area contributed by atoms with Gasteiger partial charge in [0.2, 0.25) is 5.91 Å². The second kappa shape index (κ2) is 6.50. The van der Waals surface area contributed by atoms with Gasteiger partial charge in [0.1, 0.15) is 0 Å². The molecule has 1 aromatic rings. The van der Waals surface area contributed by atoms with Gasteiger partial charge in [-0.25, -0.2) is 0 Å². The van der Waals surface area contributed by atoms with Crippen LogP contribution in [0.2, 0.25) is 10.0 Å². The highest BCUT2D eigenvalue weighted by Crippen LogP contribution is 2.23. The molecule has 1 aromatic carbocycles. The summed E-state index contributed by atoms with van der Waals surface area (Å²) < 4.78 is 0. The maximum atomic E-state index is 12.0. The lowest BCUT2D eigenvalue weighted by Gasteiger charge is -2.12. The van der Waals surface area contributed by atoms with E-state index in [1.807, 2.05) is 6.92 Å². The van der Waals surface area contributed by atoms with Crippen LogP contribution in [0.5, 0.6) is 0 Å². The quantitative estimate of drug-likeness (QED) is 0.901. The number of nitrogens with zero attached hydrogens (tertiary/aromatic N) is 1. The van der Waals surface area contributed by atoms with Crippen LogP contribution < -0.4 is 10.6 Å². The molecule has 0 aliphatic carbocycles. The number of aliphatic imine (C=N–C) groups is 1. The Kier molecular flexibility index (Phi) is 4.96. The van der Waals surface area contributed by atoms with Crippen LogP contribution in [0, 0.1) is 0 Å². The molecule has 2 rings (SSSR count). The van der Waals surface area contributed by atoms with Crippen LogP contribution in [0.15, 0.2) is 23.2 Å². The normalized spacial score (nSPS) is 15.6. The largest absolute Gasteiger partial charge is 0.363 e. The summed E-state index contributed by atoms with van der Waals surface area (Å²) in [5.74, 6) is -0.111. The van der Waals surface area contributed by atoms with Crippen molar-refractivity contribution in [2.24, 2.45) is 4.99 Å². The van der Waals surface area contributed by atoms with E-state index in [9.17, 15) is 4.79 Å². The molecular formula is C12H13Cl2N3OS. The van der Waals surface area contributed by atoms with Gasteiger partial charge in [-0.1, -0.05) is 35.0 Å². The Morgan fingerprint density at radius 2 is 2.11 bits per heavy atom. The van der Waals surface area contributed by atoms with Gasteiger partial charge in [-0.15, -0.1) is 0 Å². The zero-order valence-corrected chi connectivity index (χ0v) is 12.6. The van der Waals surface area contributed by atoms with E-state index >= 15 is 0 Å². The van der Waals surface area contributed by atoms with E-state index in [1.54, 1.807) is 18.2 Å². The molecule has 0 bridgehead atoms. The molecule has 7 heteroatoms. The summed E-state index contributed by atoms with van der Waals surface area (Å²) in [6.07, 6.45) is 0. The summed E-state index contributed by atoms with van der Waals surface area (Å²) in [6, 6.07) is 4.94. The molecule has 1 atom stereocenters. The first-order valence-corrected chi connectivity index (χ1v) is 7.40. The number of carbonyl (C=O) groups excluding carboxylic acids is 1. The number of rotatable bonds is 3. The van der Waals surface area contributed by atoms with Crippen LogP contribution >= 0.6 is 35.0 Å². The average Bonchev–Trinajstić information content (AvgIpc) is 2.80. The number of hydrogen-bond donors (Lipinski definition) is 2. The lowest BCUT2D eigenvalue weighted by molar-refractivity contribution is -0.115. The molecule has 0 spiro atoms. The van der Waals surface area contributed by atoms with Crippen molar-refractivity contribution < 1.29 is 4.79 Å².